The first kappa shape index (κ1) is 14.5. The van der Waals surface area contributed by atoms with Gasteiger partial charge in [-0.25, -0.2) is 4.79 Å². The van der Waals surface area contributed by atoms with Gasteiger partial charge in [-0.15, -0.1) is 0 Å². The highest BCUT2D eigenvalue weighted by atomic mass is 16.5. The first-order valence-corrected chi connectivity index (χ1v) is 8.55. The summed E-state index contributed by atoms with van der Waals surface area (Å²) in [5, 5.41) is 6.89. The molecule has 3 heterocycles. The smallest absolute Gasteiger partial charge is 0.317 e. The molecule has 4 rings (SSSR count). The Balaban J connectivity index is 1.50. The van der Waals surface area contributed by atoms with Crippen molar-refractivity contribution in [1.82, 2.24) is 20.3 Å². The van der Waals surface area contributed by atoms with Crippen molar-refractivity contribution in [3.05, 3.63) is 17.0 Å². The lowest BCUT2D eigenvalue weighted by molar-refractivity contribution is 0.0623. The number of hydrogen-bond acceptors (Lipinski definition) is 4. The molecule has 3 amide bonds. The number of carbonyl (C=O) groups excluding carboxylic acids is 2. The van der Waals surface area contributed by atoms with E-state index in [4.69, 9.17) is 4.52 Å². The van der Waals surface area contributed by atoms with Crippen LogP contribution in [-0.2, 0) is 12.8 Å². The van der Waals surface area contributed by atoms with Gasteiger partial charge in [-0.2, -0.15) is 0 Å². The summed E-state index contributed by atoms with van der Waals surface area (Å²) in [6.45, 7) is 2.74. The Morgan fingerprint density at radius 2 is 2.09 bits per heavy atom. The second-order valence-electron chi connectivity index (χ2n) is 6.61. The van der Waals surface area contributed by atoms with Gasteiger partial charge in [0.2, 0.25) is 0 Å². The summed E-state index contributed by atoms with van der Waals surface area (Å²) in [5.74, 6) is 0.841. The van der Waals surface area contributed by atoms with Crippen molar-refractivity contribution in [3.8, 4) is 0 Å². The van der Waals surface area contributed by atoms with Gasteiger partial charge in [-0.1, -0.05) is 5.16 Å². The average Bonchev–Trinajstić information content (AvgIpc) is 3.20. The SMILES string of the molecule is O=C(c1noc2c1CCCC2)N1CCC[C@H](N2CCNC2=O)C1. The molecular formula is C16H22N4O3. The summed E-state index contributed by atoms with van der Waals surface area (Å²) < 4.78 is 5.37. The van der Waals surface area contributed by atoms with Crippen LogP contribution >= 0.6 is 0 Å². The fourth-order valence-electron chi connectivity index (χ4n) is 3.93. The molecule has 124 valence electrons. The topological polar surface area (TPSA) is 78.7 Å². The van der Waals surface area contributed by atoms with E-state index in [1.54, 1.807) is 0 Å². The highest BCUT2D eigenvalue weighted by Crippen LogP contribution is 2.26. The van der Waals surface area contributed by atoms with Crippen LogP contribution in [0.1, 0.15) is 47.5 Å². The van der Waals surface area contributed by atoms with E-state index in [2.05, 4.69) is 10.5 Å². The molecule has 23 heavy (non-hydrogen) atoms. The molecule has 2 fully saturated rings. The van der Waals surface area contributed by atoms with Crippen LogP contribution in [0, 0.1) is 0 Å². The number of aryl methyl sites for hydroxylation is 1. The first-order chi connectivity index (χ1) is 11.2. The molecule has 2 aliphatic heterocycles. The van der Waals surface area contributed by atoms with Gasteiger partial charge in [0.1, 0.15) is 5.76 Å². The standard InChI is InChI=1S/C16H22N4O3/c21-15(14-12-5-1-2-6-13(12)23-18-14)19-8-3-4-11(10-19)20-9-7-17-16(20)22/h11H,1-10H2,(H,17,22)/t11-/m0/s1. The summed E-state index contributed by atoms with van der Waals surface area (Å²) in [4.78, 5) is 28.4. The Hall–Kier alpha value is -2.05. The van der Waals surface area contributed by atoms with Crippen molar-refractivity contribution in [3.63, 3.8) is 0 Å². The first-order valence-electron chi connectivity index (χ1n) is 8.55. The van der Waals surface area contributed by atoms with Gasteiger partial charge in [0.05, 0.1) is 6.04 Å². The number of urea groups is 1. The molecular weight excluding hydrogens is 296 g/mol. The van der Waals surface area contributed by atoms with E-state index < -0.39 is 0 Å². The molecule has 0 radical (unpaired) electrons. The Morgan fingerprint density at radius 3 is 2.91 bits per heavy atom. The van der Waals surface area contributed by atoms with Crippen molar-refractivity contribution in [2.24, 2.45) is 0 Å². The normalized spacial score (nSPS) is 24.5. The Bertz CT molecular complexity index is 627. The zero-order chi connectivity index (χ0) is 15.8. The molecule has 0 aromatic carbocycles. The largest absolute Gasteiger partial charge is 0.360 e. The highest BCUT2D eigenvalue weighted by molar-refractivity contribution is 5.94. The highest BCUT2D eigenvalue weighted by Gasteiger charge is 2.35. The number of amides is 3. The molecule has 1 N–H and O–H groups in total. The summed E-state index contributed by atoms with van der Waals surface area (Å²) in [6.07, 6.45) is 5.82. The molecule has 7 nitrogen and oxygen atoms in total. The number of hydrogen-bond donors (Lipinski definition) is 1. The fraction of sp³-hybridized carbons (Fsp3) is 0.688. The van der Waals surface area contributed by atoms with Crippen LogP contribution in [0.3, 0.4) is 0 Å². The summed E-state index contributed by atoms with van der Waals surface area (Å²) in [6, 6.07) is 0.0982. The Morgan fingerprint density at radius 1 is 1.22 bits per heavy atom. The van der Waals surface area contributed by atoms with E-state index in [1.165, 1.54) is 0 Å². The molecule has 0 saturated carbocycles. The van der Waals surface area contributed by atoms with E-state index in [0.717, 1.165) is 62.9 Å². The molecule has 2 saturated heterocycles. The minimum absolute atomic E-state index is 0.0110. The maximum atomic E-state index is 12.9. The number of rotatable bonds is 2. The number of fused-ring (bicyclic) bond motifs is 1. The lowest BCUT2D eigenvalue weighted by atomic mass is 9.95. The van der Waals surface area contributed by atoms with Gasteiger partial charge < -0.3 is 19.6 Å². The van der Waals surface area contributed by atoms with Crippen LogP contribution in [0.25, 0.3) is 0 Å². The van der Waals surface area contributed by atoms with Crippen molar-refractivity contribution in [2.75, 3.05) is 26.2 Å². The maximum absolute atomic E-state index is 12.9. The molecule has 3 aliphatic rings. The zero-order valence-electron chi connectivity index (χ0n) is 13.2. The summed E-state index contributed by atoms with van der Waals surface area (Å²) in [7, 11) is 0. The van der Waals surface area contributed by atoms with Crippen molar-refractivity contribution in [2.45, 2.75) is 44.6 Å². The second kappa shape index (κ2) is 5.86. The van der Waals surface area contributed by atoms with E-state index in [1.807, 2.05) is 9.80 Å². The second-order valence-corrected chi connectivity index (χ2v) is 6.61. The minimum Gasteiger partial charge on any atom is -0.360 e. The lowest BCUT2D eigenvalue weighted by Crippen LogP contribution is -2.50. The molecule has 1 atom stereocenters. The lowest BCUT2D eigenvalue weighted by Gasteiger charge is -2.36. The minimum atomic E-state index is -0.0406. The molecule has 1 aromatic heterocycles. The molecule has 7 heteroatoms. The summed E-state index contributed by atoms with van der Waals surface area (Å²) >= 11 is 0. The van der Waals surface area contributed by atoms with Gasteiger partial charge in [-0.05, 0) is 32.1 Å². The van der Waals surface area contributed by atoms with Crippen LogP contribution in [0.4, 0.5) is 4.79 Å². The van der Waals surface area contributed by atoms with Gasteiger partial charge >= 0.3 is 6.03 Å². The van der Waals surface area contributed by atoms with E-state index in [0.29, 0.717) is 18.8 Å². The predicted octanol–water partition coefficient (Wildman–Crippen LogP) is 1.18. The fourth-order valence-corrected chi connectivity index (χ4v) is 3.93. The van der Waals surface area contributed by atoms with E-state index in [9.17, 15) is 9.59 Å². The van der Waals surface area contributed by atoms with Crippen LogP contribution in [-0.4, -0.2) is 59.1 Å². The summed E-state index contributed by atoms with van der Waals surface area (Å²) in [5.41, 5.74) is 1.49. The number of aromatic nitrogens is 1. The molecule has 0 unspecified atom stereocenters. The van der Waals surface area contributed by atoms with Gasteiger partial charge in [0, 0.05) is 38.2 Å². The van der Waals surface area contributed by atoms with Gasteiger partial charge in [-0.3, -0.25) is 4.79 Å². The third-order valence-electron chi connectivity index (χ3n) is 5.17. The number of nitrogens with zero attached hydrogens (tertiary/aromatic N) is 3. The third-order valence-corrected chi connectivity index (χ3v) is 5.17. The molecule has 0 bridgehead atoms. The van der Waals surface area contributed by atoms with Crippen LogP contribution in [0.15, 0.2) is 4.52 Å². The van der Waals surface area contributed by atoms with Crippen molar-refractivity contribution >= 4 is 11.9 Å². The molecule has 1 aliphatic carbocycles. The number of nitrogens with one attached hydrogen (secondary N) is 1. The van der Waals surface area contributed by atoms with Crippen molar-refractivity contribution in [1.29, 1.82) is 0 Å². The number of carbonyl (C=O) groups is 2. The monoisotopic (exact) mass is 318 g/mol. The maximum Gasteiger partial charge on any atom is 0.317 e. The van der Waals surface area contributed by atoms with Gasteiger partial charge in [0.15, 0.2) is 5.69 Å². The molecule has 0 spiro atoms. The molecule has 1 aromatic rings. The van der Waals surface area contributed by atoms with Crippen LogP contribution < -0.4 is 5.32 Å². The van der Waals surface area contributed by atoms with Crippen LogP contribution in [0.5, 0.6) is 0 Å². The number of piperidine rings is 1. The third kappa shape index (κ3) is 2.58. The van der Waals surface area contributed by atoms with Crippen molar-refractivity contribution < 1.29 is 14.1 Å². The predicted molar refractivity (Wildman–Crippen MR) is 82.2 cm³/mol. The van der Waals surface area contributed by atoms with E-state index in [-0.39, 0.29) is 18.0 Å². The number of likely N-dealkylation sites (tertiary alicyclic amines) is 1. The Kier molecular flexibility index (Phi) is 3.71. The quantitative estimate of drug-likeness (QED) is 0.888. The van der Waals surface area contributed by atoms with Crippen LogP contribution in [0.2, 0.25) is 0 Å². The average molecular weight is 318 g/mol. The zero-order valence-corrected chi connectivity index (χ0v) is 13.2. The van der Waals surface area contributed by atoms with E-state index >= 15 is 0 Å². The Labute approximate surface area is 135 Å². The van der Waals surface area contributed by atoms with Gasteiger partial charge in [0.25, 0.3) is 5.91 Å².